The molecule has 168 valence electrons. The van der Waals surface area contributed by atoms with Crippen molar-refractivity contribution in [2.75, 3.05) is 14.1 Å². The summed E-state index contributed by atoms with van der Waals surface area (Å²) in [4.78, 5) is 4.38. The van der Waals surface area contributed by atoms with Gasteiger partial charge >= 0.3 is 0 Å². The van der Waals surface area contributed by atoms with Crippen LogP contribution in [-0.2, 0) is 0 Å². The highest BCUT2D eigenvalue weighted by molar-refractivity contribution is 5.84. The van der Waals surface area contributed by atoms with Crippen LogP contribution in [0.1, 0.15) is 22.3 Å². The molecule has 0 N–H and O–H groups in total. The number of benzene rings is 3. The molecule has 2 nitrogen and oxygen atoms in total. The number of nitrogens with zero attached hydrogens (tertiary/aromatic N) is 2. The smallest absolute Gasteiger partial charge is 0.0486 e. The van der Waals surface area contributed by atoms with E-state index in [1.807, 2.05) is 0 Å². The third-order valence-electron chi connectivity index (χ3n) is 6.69. The highest BCUT2D eigenvalue weighted by Gasteiger charge is 2.13. The van der Waals surface area contributed by atoms with E-state index < -0.39 is 0 Å². The lowest BCUT2D eigenvalue weighted by atomic mass is 9.98. The van der Waals surface area contributed by atoms with E-state index in [2.05, 4.69) is 147 Å². The molecule has 0 fully saturated rings. The quantitative estimate of drug-likeness (QED) is 0.509. The lowest BCUT2D eigenvalue weighted by Crippen LogP contribution is -2.18. The van der Waals surface area contributed by atoms with Gasteiger partial charge in [0.1, 0.15) is 0 Å². The van der Waals surface area contributed by atoms with Gasteiger partial charge in [-0.25, -0.2) is 0 Å². The molecule has 0 unspecified atom stereocenters. The molecule has 0 amide bonds. The summed E-state index contributed by atoms with van der Waals surface area (Å²) in [6, 6.07) is 26.0. The molecule has 0 aromatic heterocycles. The minimum Gasteiger partial charge on any atom is -0.351 e. The molecule has 0 saturated heterocycles. The van der Waals surface area contributed by atoms with E-state index in [9.17, 15) is 0 Å². The molecule has 2 heterocycles. The Morgan fingerprint density at radius 3 is 1.26 bits per heavy atom. The number of rotatable bonds is 2. The normalized spacial score (nSPS) is 15.5. The predicted molar refractivity (Wildman–Crippen MR) is 145 cm³/mol. The maximum atomic E-state index is 2.29. The molecule has 3 aromatic carbocycles. The summed E-state index contributed by atoms with van der Waals surface area (Å²) in [7, 11) is 4.21. The predicted octanol–water partition coefficient (Wildman–Crippen LogP) is 5.61. The van der Waals surface area contributed by atoms with Crippen molar-refractivity contribution < 1.29 is 0 Å². The van der Waals surface area contributed by atoms with Gasteiger partial charge in [0, 0.05) is 49.0 Å². The second kappa shape index (κ2) is 9.07. The molecule has 34 heavy (non-hydrogen) atoms. The summed E-state index contributed by atoms with van der Waals surface area (Å²) in [5, 5.41) is 2.44. The first-order valence-corrected chi connectivity index (χ1v) is 11.7. The van der Waals surface area contributed by atoms with Crippen LogP contribution in [0.25, 0.3) is 22.5 Å². The van der Waals surface area contributed by atoms with Gasteiger partial charge in [0.15, 0.2) is 0 Å². The van der Waals surface area contributed by atoms with Crippen LogP contribution >= 0.6 is 0 Å². The lowest BCUT2D eigenvalue weighted by molar-refractivity contribution is 0.651. The van der Waals surface area contributed by atoms with Crippen molar-refractivity contribution in [3.8, 4) is 0 Å². The Bertz CT molecular complexity index is 1360. The maximum Gasteiger partial charge on any atom is 0.0486 e. The first-order chi connectivity index (χ1) is 16.5. The van der Waals surface area contributed by atoms with Gasteiger partial charge in [0.25, 0.3) is 0 Å². The zero-order valence-electron chi connectivity index (χ0n) is 20.3. The van der Waals surface area contributed by atoms with Crippen molar-refractivity contribution >= 4 is 22.5 Å². The Labute approximate surface area is 202 Å². The molecule has 0 atom stereocenters. The van der Waals surface area contributed by atoms with Crippen LogP contribution in [0.15, 0.2) is 110 Å². The molecule has 2 aliphatic rings. The molecule has 3 aromatic rings. The molecule has 0 bridgehead atoms. The Morgan fingerprint density at radius 2 is 0.882 bits per heavy atom. The molecular weight excluding hydrogens is 412 g/mol. The SMILES string of the molecule is Cc1ccccc1C1=CC(=c2ccc(=C3C=CN(C)C(c4ccccc4C)=C3)cc2)C=CN1C. The zero-order valence-corrected chi connectivity index (χ0v) is 20.3. The van der Waals surface area contributed by atoms with Crippen LogP contribution in [0.2, 0.25) is 0 Å². The fourth-order valence-electron chi connectivity index (χ4n) is 4.61. The van der Waals surface area contributed by atoms with Crippen LogP contribution in [-0.4, -0.2) is 23.9 Å². The van der Waals surface area contributed by atoms with E-state index in [-0.39, 0.29) is 0 Å². The first-order valence-electron chi connectivity index (χ1n) is 11.7. The van der Waals surface area contributed by atoms with E-state index in [0.717, 1.165) is 0 Å². The highest BCUT2D eigenvalue weighted by atomic mass is 15.1. The zero-order chi connectivity index (χ0) is 23.7. The van der Waals surface area contributed by atoms with Gasteiger partial charge in [-0.1, -0.05) is 72.8 Å². The monoisotopic (exact) mass is 442 g/mol. The molecule has 5 rings (SSSR count). The van der Waals surface area contributed by atoms with Gasteiger partial charge in [0.05, 0.1) is 0 Å². The van der Waals surface area contributed by atoms with Gasteiger partial charge in [-0.2, -0.15) is 0 Å². The Morgan fingerprint density at radius 1 is 0.500 bits per heavy atom. The Hall–Kier alpha value is -4.04. The van der Waals surface area contributed by atoms with Gasteiger partial charge in [-0.3, -0.25) is 0 Å². The average molecular weight is 443 g/mol. The fourth-order valence-corrected chi connectivity index (χ4v) is 4.61. The third kappa shape index (κ3) is 4.15. The number of aryl methyl sites for hydroxylation is 2. The second-order valence-corrected chi connectivity index (χ2v) is 9.03. The lowest BCUT2D eigenvalue weighted by Gasteiger charge is -2.24. The van der Waals surface area contributed by atoms with Crippen molar-refractivity contribution in [1.82, 2.24) is 9.80 Å². The molecule has 0 aliphatic carbocycles. The number of allylic oxidation sites excluding steroid dienone is 4. The van der Waals surface area contributed by atoms with Gasteiger partial charge < -0.3 is 9.80 Å². The topological polar surface area (TPSA) is 6.48 Å². The van der Waals surface area contributed by atoms with Crippen molar-refractivity contribution in [3.63, 3.8) is 0 Å². The van der Waals surface area contributed by atoms with Crippen molar-refractivity contribution in [1.29, 1.82) is 0 Å². The Kier molecular flexibility index (Phi) is 5.81. The van der Waals surface area contributed by atoms with Crippen molar-refractivity contribution in [3.05, 3.63) is 142 Å². The Balaban J connectivity index is 1.57. The van der Waals surface area contributed by atoms with Gasteiger partial charge in [-0.05, 0) is 70.9 Å². The summed E-state index contributed by atoms with van der Waals surface area (Å²) in [6.45, 7) is 4.34. The maximum absolute atomic E-state index is 2.29. The summed E-state index contributed by atoms with van der Waals surface area (Å²) >= 11 is 0. The van der Waals surface area contributed by atoms with Gasteiger partial charge in [0.2, 0.25) is 0 Å². The second-order valence-electron chi connectivity index (χ2n) is 9.03. The molecule has 0 saturated carbocycles. The van der Waals surface area contributed by atoms with E-state index in [4.69, 9.17) is 0 Å². The van der Waals surface area contributed by atoms with Crippen LogP contribution in [0.4, 0.5) is 0 Å². The van der Waals surface area contributed by atoms with Crippen LogP contribution in [0.5, 0.6) is 0 Å². The molecule has 0 spiro atoms. The first kappa shape index (κ1) is 21.8. The van der Waals surface area contributed by atoms with Gasteiger partial charge in [-0.15, -0.1) is 0 Å². The number of hydrogen-bond acceptors (Lipinski definition) is 2. The summed E-state index contributed by atoms with van der Waals surface area (Å²) in [5.74, 6) is 0. The average Bonchev–Trinajstić information content (AvgIpc) is 2.86. The van der Waals surface area contributed by atoms with Crippen molar-refractivity contribution in [2.45, 2.75) is 13.8 Å². The molecule has 0 radical (unpaired) electrons. The minimum atomic E-state index is 1.22. The van der Waals surface area contributed by atoms with Crippen LogP contribution in [0, 0.1) is 13.8 Å². The largest absolute Gasteiger partial charge is 0.351 e. The molecule has 2 heteroatoms. The van der Waals surface area contributed by atoms with Crippen molar-refractivity contribution in [2.24, 2.45) is 0 Å². The van der Waals surface area contributed by atoms with E-state index >= 15 is 0 Å². The van der Waals surface area contributed by atoms with Crippen LogP contribution in [0.3, 0.4) is 0 Å². The van der Waals surface area contributed by atoms with E-state index in [0.29, 0.717) is 0 Å². The van der Waals surface area contributed by atoms with E-state index in [1.54, 1.807) is 0 Å². The summed E-state index contributed by atoms with van der Waals surface area (Å²) in [5.41, 5.74) is 10.00. The van der Waals surface area contributed by atoms with Crippen LogP contribution < -0.4 is 10.4 Å². The third-order valence-corrected chi connectivity index (χ3v) is 6.69. The standard InChI is InChI=1S/C32H30N2/c1-23-9-5-7-11-29(23)31-21-27(17-19-33(31)3)25-13-15-26(16-14-25)28-18-20-34(4)32(22-28)30-12-8-6-10-24(30)2/h5-22H,1-4H3. The summed E-state index contributed by atoms with van der Waals surface area (Å²) < 4.78 is 0. The summed E-state index contributed by atoms with van der Waals surface area (Å²) in [6.07, 6.45) is 13.3. The number of hydrogen-bond donors (Lipinski definition) is 0. The van der Waals surface area contributed by atoms with E-state index in [1.165, 1.54) is 55.2 Å². The molecule has 2 aliphatic heterocycles. The fraction of sp³-hybridized carbons (Fsp3) is 0.125. The molecular formula is C32H30N2. The highest BCUT2D eigenvalue weighted by Crippen LogP contribution is 2.28. The minimum absolute atomic E-state index is 1.22.